The van der Waals surface area contributed by atoms with Gasteiger partial charge in [-0.05, 0) is 69.5 Å². The minimum atomic E-state index is 0.266. The molecule has 0 unspecified atom stereocenters. The zero-order valence-corrected chi connectivity index (χ0v) is 15.8. The second-order valence-electron chi connectivity index (χ2n) is 7.39. The smallest absolute Gasteiger partial charge is 0.115 e. The van der Waals surface area contributed by atoms with Gasteiger partial charge in [-0.2, -0.15) is 0 Å². The molecule has 0 spiro atoms. The van der Waals surface area contributed by atoms with Crippen molar-refractivity contribution in [2.45, 2.75) is 39.5 Å². The summed E-state index contributed by atoms with van der Waals surface area (Å²) in [7, 11) is 0. The van der Waals surface area contributed by atoms with E-state index in [0.717, 1.165) is 16.7 Å². The van der Waals surface area contributed by atoms with Crippen LogP contribution in [0, 0.1) is 0 Å². The van der Waals surface area contributed by atoms with Crippen LogP contribution >= 0.6 is 0 Å². The largest absolute Gasteiger partial charge is 0.508 e. The minimum absolute atomic E-state index is 0.266. The number of phenols is 2. The zero-order chi connectivity index (χ0) is 18.8. The number of aromatic hydroxyl groups is 2. The van der Waals surface area contributed by atoms with Crippen LogP contribution in [0.5, 0.6) is 11.5 Å². The van der Waals surface area contributed by atoms with Gasteiger partial charge >= 0.3 is 0 Å². The van der Waals surface area contributed by atoms with Gasteiger partial charge in [0.25, 0.3) is 0 Å². The lowest BCUT2D eigenvalue weighted by molar-refractivity contribution is 0.475. The minimum Gasteiger partial charge on any atom is -0.508 e. The van der Waals surface area contributed by atoms with Crippen molar-refractivity contribution in [3.05, 3.63) is 71.8 Å². The highest BCUT2D eigenvalue weighted by atomic mass is 16.3. The molecule has 0 atom stereocenters. The molecule has 26 heavy (non-hydrogen) atoms. The van der Waals surface area contributed by atoms with Crippen LogP contribution in [-0.4, -0.2) is 10.2 Å². The van der Waals surface area contributed by atoms with Crippen molar-refractivity contribution in [2.75, 3.05) is 0 Å². The highest BCUT2D eigenvalue weighted by Gasteiger charge is 2.20. The third kappa shape index (κ3) is 3.45. The van der Waals surface area contributed by atoms with Gasteiger partial charge in [-0.1, -0.05) is 64.1 Å². The first-order valence-electron chi connectivity index (χ1n) is 9.14. The summed E-state index contributed by atoms with van der Waals surface area (Å²) in [5.74, 6) is 1.33. The van der Waals surface area contributed by atoms with Crippen molar-refractivity contribution < 1.29 is 10.2 Å². The molecular formula is C24H26O2. The number of hydrogen-bond donors (Lipinski definition) is 2. The molecule has 0 aromatic heterocycles. The fourth-order valence-electron chi connectivity index (χ4n) is 3.58. The van der Waals surface area contributed by atoms with Crippen molar-refractivity contribution in [2.24, 2.45) is 0 Å². The first-order valence-corrected chi connectivity index (χ1v) is 9.14. The Morgan fingerprint density at radius 1 is 0.577 bits per heavy atom. The molecule has 2 heteroatoms. The molecule has 134 valence electrons. The summed E-state index contributed by atoms with van der Waals surface area (Å²) in [6.07, 6.45) is 0. The molecule has 2 N–H and O–H groups in total. The van der Waals surface area contributed by atoms with Crippen molar-refractivity contribution in [1.29, 1.82) is 0 Å². The van der Waals surface area contributed by atoms with Crippen molar-refractivity contribution in [3.8, 4) is 33.8 Å². The molecule has 0 amide bonds. The predicted octanol–water partition coefficient (Wildman–Crippen LogP) is 6.68. The Balaban J connectivity index is 2.35. The summed E-state index contributed by atoms with van der Waals surface area (Å²) in [5.41, 5.74) is 7.21. The lowest BCUT2D eigenvalue weighted by Gasteiger charge is -2.24. The normalized spacial score (nSPS) is 11.3. The monoisotopic (exact) mass is 346 g/mol. The van der Waals surface area contributed by atoms with Crippen molar-refractivity contribution in [3.63, 3.8) is 0 Å². The molecule has 3 aromatic rings. The van der Waals surface area contributed by atoms with E-state index in [-0.39, 0.29) is 11.5 Å². The van der Waals surface area contributed by atoms with Gasteiger partial charge in [0, 0.05) is 0 Å². The first kappa shape index (κ1) is 18.1. The average Bonchev–Trinajstić information content (AvgIpc) is 2.61. The van der Waals surface area contributed by atoms with E-state index in [0.29, 0.717) is 11.8 Å². The van der Waals surface area contributed by atoms with Gasteiger partial charge in [0.15, 0.2) is 0 Å². The highest BCUT2D eigenvalue weighted by Crippen LogP contribution is 2.42. The number of hydrogen-bond acceptors (Lipinski definition) is 2. The third-order valence-electron chi connectivity index (χ3n) is 4.81. The summed E-state index contributed by atoms with van der Waals surface area (Å²) in [6.45, 7) is 8.90. The maximum Gasteiger partial charge on any atom is 0.115 e. The van der Waals surface area contributed by atoms with Gasteiger partial charge in [-0.3, -0.25) is 0 Å². The Kier molecular flexibility index (Phi) is 5.03. The standard InChI is InChI=1S/C24H26O2/c1-15(2)21-13-14-22(17-5-9-19(25)10-6-17)24(23(21)16(3)4)18-7-11-20(26)12-8-18/h5-16,25-26H,1-4H3. The predicted molar refractivity (Wildman–Crippen MR) is 109 cm³/mol. The maximum absolute atomic E-state index is 9.71. The van der Waals surface area contributed by atoms with Gasteiger partial charge in [-0.25, -0.2) is 0 Å². The Hall–Kier alpha value is -2.74. The molecule has 0 radical (unpaired) electrons. The summed E-state index contributed by atoms with van der Waals surface area (Å²) in [4.78, 5) is 0. The van der Waals surface area contributed by atoms with Crippen LogP contribution < -0.4 is 0 Å². The topological polar surface area (TPSA) is 40.5 Å². The molecule has 0 saturated carbocycles. The van der Waals surface area contributed by atoms with Gasteiger partial charge in [0.1, 0.15) is 11.5 Å². The fourth-order valence-corrected chi connectivity index (χ4v) is 3.58. The number of rotatable bonds is 4. The first-order chi connectivity index (χ1) is 12.4. The summed E-state index contributed by atoms with van der Waals surface area (Å²) >= 11 is 0. The molecule has 3 aromatic carbocycles. The molecule has 0 aliphatic carbocycles. The van der Waals surface area contributed by atoms with E-state index in [4.69, 9.17) is 0 Å². The molecule has 0 aliphatic heterocycles. The Labute approximate surface area is 155 Å². The molecule has 3 rings (SSSR count). The van der Waals surface area contributed by atoms with Gasteiger partial charge < -0.3 is 10.2 Å². The quantitative estimate of drug-likeness (QED) is 0.553. The summed E-state index contributed by atoms with van der Waals surface area (Å²) in [5, 5.41) is 19.4. The van der Waals surface area contributed by atoms with Crippen LogP contribution in [0.15, 0.2) is 60.7 Å². The highest BCUT2D eigenvalue weighted by molar-refractivity contribution is 5.87. The SMILES string of the molecule is CC(C)c1ccc(-c2ccc(O)cc2)c(-c2ccc(O)cc2)c1C(C)C. The molecule has 0 saturated heterocycles. The lowest BCUT2D eigenvalue weighted by atomic mass is 9.80. The van der Waals surface area contributed by atoms with Crippen LogP contribution in [0.2, 0.25) is 0 Å². The van der Waals surface area contributed by atoms with Crippen LogP contribution in [0.25, 0.3) is 22.3 Å². The Morgan fingerprint density at radius 3 is 1.54 bits per heavy atom. The van der Waals surface area contributed by atoms with Crippen molar-refractivity contribution in [1.82, 2.24) is 0 Å². The second kappa shape index (κ2) is 7.25. The molecule has 2 nitrogen and oxygen atoms in total. The molecule has 0 heterocycles. The lowest BCUT2D eigenvalue weighted by Crippen LogP contribution is -2.03. The number of benzene rings is 3. The molecular weight excluding hydrogens is 320 g/mol. The molecule has 0 fully saturated rings. The zero-order valence-electron chi connectivity index (χ0n) is 15.8. The van der Waals surface area contributed by atoms with E-state index in [9.17, 15) is 10.2 Å². The van der Waals surface area contributed by atoms with Crippen molar-refractivity contribution >= 4 is 0 Å². The van der Waals surface area contributed by atoms with E-state index in [2.05, 4.69) is 39.8 Å². The van der Waals surface area contributed by atoms with Crippen LogP contribution in [-0.2, 0) is 0 Å². The third-order valence-corrected chi connectivity index (χ3v) is 4.81. The van der Waals surface area contributed by atoms with Gasteiger partial charge in [0.05, 0.1) is 0 Å². The fraction of sp³-hybridized carbons (Fsp3) is 0.250. The van der Waals surface area contributed by atoms with Gasteiger partial charge in [-0.15, -0.1) is 0 Å². The van der Waals surface area contributed by atoms with E-state index >= 15 is 0 Å². The van der Waals surface area contributed by atoms with Crippen LogP contribution in [0.1, 0.15) is 50.7 Å². The number of phenolic OH excluding ortho intramolecular Hbond substituents is 2. The van der Waals surface area contributed by atoms with E-state index in [1.807, 2.05) is 24.3 Å². The molecule has 0 bridgehead atoms. The average molecular weight is 346 g/mol. The second-order valence-corrected chi connectivity index (χ2v) is 7.39. The Bertz CT molecular complexity index is 889. The molecule has 0 aliphatic rings. The summed E-state index contributed by atoms with van der Waals surface area (Å²) in [6, 6.07) is 19.2. The van der Waals surface area contributed by atoms with Gasteiger partial charge in [0.2, 0.25) is 0 Å². The van der Waals surface area contributed by atoms with E-state index < -0.39 is 0 Å². The van der Waals surface area contributed by atoms with Crippen LogP contribution in [0.3, 0.4) is 0 Å². The maximum atomic E-state index is 9.71. The van der Waals surface area contributed by atoms with E-state index in [1.54, 1.807) is 24.3 Å². The van der Waals surface area contributed by atoms with Crippen LogP contribution in [0.4, 0.5) is 0 Å². The van der Waals surface area contributed by atoms with E-state index in [1.165, 1.54) is 16.7 Å². The Morgan fingerprint density at radius 2 is 1.08 bits per heavy atom. The summed E-state index contributed by atoms with van der Waals surface area (Å²) < 4.78 is 0.